The van der Waals surface area contributed by atoms with Gasteiger partial charge in [0.15, 0.2) is 6.10 Å². The van der Waals surface area contributed by atoms with Gasteiger partial charge in [-0.1, -0.05) is 6.92 Å². The van der Waals surface area contributed by atoms with Crippen molar-refractivity contribution >= 4 is 27.3 Å². The molecule has 2 N–H and O–H groups in total. The second kappa shape index (κ2) is 6.82. The minimum absolute atomic E-state index is 0.0722. The number of nitriles is 1. The van der Waals surface area contributed by atoms with Crippen molar-refractivity contribution in [1.29, 1.82) is 5.26 Å². The van der Waals surface area contributed by atoms with Crippen LogP contribution in [0, 0.1) is 11.3 Å². The normalized spacial score (nSPS) is 23.8. The largest absolute Gasteiger partial charge is 0.361 e. The van der Waals surface area contributed by atoms with Crippen LogP contribution in [0.25, 0.3) is 0 Å². The number of morpholine rings is 1. The van der Waals surface area contributed by atoms with Gasteiger partial charge in [-0.15, -0.1) is 11.3 Å². The Morgan fingerprint density at radius 2 is 2.53 bits per heavy atom. The van der Waals surface area contributed by atoms with Gasteiger partial charge in [0.25, 0.3) is 0 Å². The minimum atomic E-state index is -0.344. The van der Waals surface area contributed by atoms with Gasteiger partial charge >= 0.3 is 0 Å². The second-order valence-electron chi connectivity index (χ2n) is 4.67. The van der Waals surface area contributed by atoms with Crippen molar-refractivity contribution in [2.45, 2.75) is 31.5 Å². The van der Waals surface area contributed by atoms with Crippen LogP contribution in [0.4, 0.5) is 0 Å². The first kappa shape index (κ1) is 14.9. The molecule has 0 spiro atoms. The summed E-state index contributed by atoms with van der Waals surface area (Å²) in [4.78, 5) is 3.53. The molecule has 3 atom stereocenters. The summed E-state index contributed by atoms with van der Waals surface area (Å²) in [5.41, 5.74) is 6.30. The Morgan fingerprint density at radius 1 is 1.74 bits per heavy atom. The summed E-state index contributed by atoms with van der Waals surface area (Å²) in [5.74, 6) is 0. The fraction of sp³-hybridized carbons (Fsp3) is 0.615. The van der Waals surface area contributed by atoms with Gasteiger partial charge in [-0.05, 0) is 28.4 Å². The van der Waals surface area contributed by atoms with Crippen LogP contribution >= 0.6 is 27.3 Å². The van der Waals surface area contributed by atoms with Gasteiger partial charge in [0, 0.05) is 33.9 Å². The zero-order chi connectivity index (χ0) is 13.8. The topological polar surface area (TPSA) is 62.3 Å². The summed E-state index contributed by atoms with van der Waals surface area (Å²) < 4.78 is 6.50. The SMILES string of the molecule is CCC(N)C(c1cc(Br)cs1)N1CCOC(C#N)C1. The molecule has 104 valence electrons. The molecular weight excluding hydrogens is 326 g/mol. The molecule has 3 unspecified atom stereocenters. The predicted octanol–water partition coefficient (Wildman–Crippen LogP) is 2.51. The smallest absolute Gasteiger partial charge is 0.156 e. The average molecular weight is 344 g/mol. The Kier molecular flexibility index (Phi) is 5.37. The number of hydrogen-bond donors (Lipinski definition) is 1. The van der Waals surface area contributed by atoms with Gasteiger partial charge in [0.2, 0.25) is 0 Å². The van der Waals surface area contributed by atoms with E-state index in [1.807, 2.05) is 0 Å². The standard InChI is InChI=1S/C13H18BrN3OS/c1-2-11(16)13(12-5-9(14)8-19-12)17-3-4-18-10(6-15)7-17/h5,8,10-11,13H,2-4,7,16H2,1H3. The zero-order valence-electron chi connectivity index (χ0n) is 10.9. The monoisotopic (exact) mass is 343 g/mol. The number of ether oxygens (including phenoxy) is 1. The summed E-state index contributed by atoms with van der Waals surface area (Å²) in [5, 5.41) is 11.1. The molecule has 4 nitrogen and oxygen atoms in total. The van der Waals surface area contributed by atoms with E-state index < -0.39 is 0 Å². The lowest BCUT2D eigenvalue weighted by Gasteiger charge is -2.38. The molecule has 19 heavy (non-hydrogen) atoms. The Hall–Kier alpha value is -0.450. The van der Waals surface area contributed by atoms with E-state index in [-0.39, 0.29) is 18.2 Å². The first-order valence-electron chi connectivity index (χ1n) is 6.40. The summed E-state index contributed by atoms with van der Waals surface area (Å²) in [6.45, 7) is 4.15. The van der Waals surface area contributed by atoms with E-state index >= 15 is 0 Å². The molecule has 1 aliphatic heterocycles. The quantitative estimate of drug-likeness (QED) is 0.912. The summed E-state index contributed by atoms with van der Waals surface area (Å²) in [6, 6.07) is 4.56. The molecule has 1 aliphatic rings. The van der Waals surface area contributed by atoms with Crippen molar-refractivity contribution in [3.05, 3.63) is 20.8 Å². The molecule has 1 aromatic rings. The highest BCUT2D eigenvalue weighted by Gasteiger charge is 2.31. The highest BCUT2D eigenvalue weighted by atomic mass is 79.9. The van der Waals surface area contributed by atoms with Crippen molar-refractivity contribution < 1.29 is 4.74 Å². The van der Waals surface area contributed by atoms with Crippen molar-refractivity contribution in [3.8, 4) is 6.07 Å². The molecule has 6 heteroatoms. The molecular formula is C13H18BrN3OS. The maximum absolute atomic E-state index is 9.02. The number of nitrogens with two attached hydrogens (primary N) is 1. The molecule has 0 radical (unpaired) electrons. The van der Waals surface area contributed by atoms with Crippen molar-refractivity contribution in [2.24, 2.45) is 5.73 Å². The van der Waals surface area contributed by atoms with Gasteiger partial charge in [0.05, 0.1) is 18.7 Å². The molecule has 0 aliphatic carbocycles. The molecule has 2 rings (SSSR count). The third kappa shape index (κ3) is 3.56. The van der Waals surface area contributed by atoms with E-state index in [0.29, 0.717) is 13.2 Å². The van der Waals surface area contributed by atoms with Crippen LogP contribution in [0.2, 0.25) is 0 Å². The Morgan fingerprint density at radius 3 is 3.11 bits per heavy atom. The van der Waals surface area contributed by atoms with Crippen molar-refractivity contribution in [1.82, 2.24) is 4.90 Å². The van der Waals surface area contributed by atoms with E-state index in [1.54, 1.807) is 11.3 Å². The molecule has 0 bridgehead atoms. The molecule has 0 saturated carbocycles. The van der Waals surface area contributed by atoms with Gasteiger partial charge in [0.1, 0.15) is 0 Å². The maximum Gasteiger partial charge on any atom is 0.156 e. The highest BCUT2D eigenvalue weighted by Crippen LogP contribution is 2.33. The average Bonchev–Trinajstić information content (AvgIpc) is 2.85. The Bertz CT molecular complexity index is 459. The van der Waals surface area contributed by atoms with Crippen molar-refractivity contribution in [2.75, 3.05) is 19.7 Å². The van der Waals surface area contributed by atoms with E-state index in [1.165, 1.54) is 4.88 Å². The van der Waals surface area contributed by atoms with Gasteiger partial charge in [-0.3, -0.25) is 4.90 Å². The number of hydrogen-bond acceptors (Lipinski definition) is 5. The molecule has 1 fully saturated rings. The maximum atomic E-state index is 9.02. The van der Waals surface area contributed by atoms with E-state index in [0.717, 1.165) is 17.4 Å². The van der Waals surface area contributed by atoms with E-state index in [2.05, 4.69) is 45.3 Å². The van der Waals surface area contributed by atoms with Gasteiger partial charge in [-0.25, -0.2) is 0 Å². The fourth-order valence-corrected chi connectivity index (χ4v) is 4.02. The lowest BCUT2D eigenvalue weighted by Crippen LogP contribution is -2.48. The van der Waals surface area contributed by atoms with Crippen LogP contribution in [0.5, 0.6) is 0 Å². The van der Waals surface area contributed by atoms with E-state index in [9.17, 15) is 0 Å². The van der Waals surface area contributed by atoms with Crippen LogP contribution < -0.4 is 5.73 Å². The fourth-order valence-electron chi connectivity index (χ4n) is 2.37. The lowest BCUT2D eigenvalue weighted by atomic mass is 10.0. The first-order valence-corrected chi connectivity index (χ1v) is 8.07. The highest BCUT2D eigenvalue weighted by molar-refractivity contribution is 9.10. The Labute approximate surface area is 126 Å². The Balaban J connectivity index is 2.20. The summed E-state index contributed by atoms with van der Waals surface area (Å²) in [7, 11) is 0. The van der Waals surface area contributed by atoms with E-state index in [4.69, 9.17) is 15.7 Å². The molecule has 0 aromatic carbocycles. The first-order chi connectivity index (χ1) is 9.15. The summed E-state index contributed by atoms with van der Waals surface area (Å²) in [6.07, 6.45) is 0.568. The van der Waals surface area contributed by atoms with Crippen LogP contribution in [0.15, 0.2) is 15.9 Å². The van der Waals surface area contributed by atoms with Crippen molar-refractivity contribution in [3.63, 3.8) is 0 Å². The van der Waals surface area contributed by atoms with Crippen LogP contribution in [0.3, 0.4) is 0 Å². The third-order valence-electron chi connectivity index (χ3n) is 3.39. The zero-order valence-corrected chi connectivity index (χ0v) is 13.3. The number of rotatable bonds is 4. The minimum Gasteiger partial charge on any atom is -0.361 e. The number of halogens is 1. The van der Waals surface area contributed by atoms with Crippen LogP contribution in [-0.4, -0.2) is 36.7 Å². The second-order valence-corrected chi connectivity index (χ2v) is 6.53. The predicted molar refractivity (Wildman–Crippen MR) is 80.0 cm³/mol. The molecule has 1 aromatic heterocycles. The third-order valence-corrected chi connectivity index (χ3v) is 5.16. The molecule has 2 heterocycles. The van der Waals surface area contributed by atoms with Crippen LogP contribution in [0.1, 0.15) is 24.3 Å². The summed E-state index contributed by atoms with van der Waals surface area (Å²) >= 11 is 5.21. The van der Waals surface area contributed by atoms with Gasteiger partial charge < -0.3 is 10.5 Å². The van der Waals surface area contributed by atoms with Crippen LogP contribution in [-0.2, 0) is 4.74 Å². The lowest BCUT2D eigenvalue weighted by molar-refractivity contribution is -0.0216. The number of nitrogens with zero attached hydrogens (tertiary/aromatic N) is 2. The van der Waals surface area contributed by atoms with Gasteiger partial charge in [-0.2, -0.15) is 5.26 Å². The molecule has 1 saturated heterocycles. The number of thiophene rings is 1. The molecule has 0 amide bonds.